The summed E-state index contributed by atoms with van der Waals surface area (Å²) in [5, 5.41) is 6.79. The summed E-state index contributed by atoms with van der Waals surface area (Å²) in [6.45, 7) is 0.330. The van der Waals surface area contributed by atoms with Gasteiger partial charge >= 0.3 is 12.4 Å². The minimum Gasteiger partial charge on any atom is -0.382 e. The number of ether oxygens (including phenoxy) is 1. The van der Waals surface area contributed by atoms with Gasteiger partial charge in [0.25, 0.3) is 15.6 Å². The fraction of sp³-hybridized carbons (Fsp3) is 0.444. The van der Waals surface area contributed by atoms with Crippen LogP contribution in [0.15, 0.2) is 41.4 Å². The highest BCUT2D eigenvalue weighted by atomic mass is 32.2. The van der Waals surface area contributed by atoms with Gasteiger partial charge in [-0.1, -0.05) is 12.1 Å². The van der Waals surface area contributed by atoms with Crippen LogP contribution < -0.4 is 10.6 Å². The van der Waals surface area contributed by atoms with Crippen molar-refractivity contribution in [3.63, 3.8) is 0 Å². The van der Waals surface area contributed by atoms with Crippen molar-refractivity contribution in [2.75, 3.05) is 43.9 Å². The molecule has 0 spiro atoms. The molecule has 15 heteroatoms. The molecule has 2 N–H and O–H groups in total. The van der Waals surface area contributed by atoms with Crippen LogP contribution >= 0.6 is 0 Å². The fourth-order valence-corrected chi connectivity index (χ4v) is 4.82. The molecule has 8 nitrogen and oxygen atoms in total. The van der Waals surface area contributed by atoms with E-state index in [2.05, 4.69) is 14.9 Å². The van der Waals surface area contributed by atoms with Crippen LogP contribution in [0.5, 0.6) is 0 Å². The molecule has 0 bridgehead atoms. The van der Waals surface area contributed by atoms with Crippen molar-refractivity contribution in [2.24, 2.45) is 0 Å². The maximum Gasteiger partial charge on any atom is 0.430 e. The van der Waals surface area contributed by atoms with E-state index in [1.165, 1.54) is 12.1 Å². The number of nitrogens with zero attached hydrogens (tertiary/aromatic N) is 4. The highest BCUT2D eigenvalue weighted by Crippen LogP contribution is 2.52. The maximum atomic E-state index is 13.4. The summed E-state index contributed by atoms with van der Waals surface area (Å²) in [5.41, 5.74) is 0.154. The average molecular weight is 499 g/mol. The van der Waals surface area contributed by atoms with Crippen molar-refractivity contribution in [1.29, 1.82) is 0 Å². The normalized spacial score (nSPS) is 16.8. The smallest absolute Gasteiger partial charge is 0.382 e. The van der Waals surface area contributed by atoms with Gasteiger partial charge in [-0.05, 0) is 24.3 Å². The second kappa shape index (κ2) is 8.61. The number of methoxy groups -OCH3 is 1. The number of rotatable bonds is 5. The number of nitrogens with two attached hydrogens (primary N) is 1. The monoisotopic (exact) mass is 499 g/mol. The molecule has 0 unspecified atom stereocenters. The molecular weight excluding hydrogens is 480 g/mol. The van der Waals surface area contributed by atoms with Crippen LogP contribution in [-0.4, -0.2) is 68.6 Å². The number of nitrogen functional groups attached to an aromatic ring is 1. The van der Waals surface area contributed by atoms with Crippen molar-refractivity contribution in [2.45, 2.75) is 23.0 Å². The molecule has 3 rings (SSSR count). The van der Waals surface area contributed by atoms with E-state index < -0.39 is 33.5 Å². The topological polar surface area (TPSA) is 102 Å². The number of halogens is 6. The van der Waals surface area contributed by atoms with Crippen molar-refractivity contribution in [1.82, 2.24) is 14.5 Å². The Kier molecular flexibility index (Phi) is 6.52. The molecule has 182 valence electrons. The molecular formula is C18H19F6N5O3S. The molecule has 0 aliphatic carbocycles. The molecule has 1 fully saturated rings. The molecule has 2 heterocycles. The van der Waals surface area contributed by atoms with E-state index in [1.54, 1.807) is 4.90 Å². The molecule has 0 saturated carbocycles. The van der Waals surface area contributed by atoms with E-state index in [9.17, 15) is 34.8 Å². The third-order valence-electron chi connectivity index (χ3n) is 5.25. The largest absolute Gasteiger partial charge is 0.430 e. The molecule has 1 aliphatic rings. The van der Waals surface area contributed by atoms with Gasteiger partial charge in [0, 0.05) is 44.5 Å². The molecule has 1 aliphatic heterocycles. The Balaban J connectivity index is 1.77. The third-order valence-corrected chi connectivity index (χ3v) is 7.04. The van der Waals surface area contributed by atoms with Gasteiger partial charge in [-0.15, -0.1) is 10.2 Å². The van der Waals surface area contributed by atoms with E-state index in [0.29, 0.717) is 24.9 Å². The van der Waals surface area contributed by atoms with Crippen LogP contribution in [0.4, 0.5) is 37.8 Å². The van der Waals surface area contributed by atoms with Crippen LogP contribution in [-0.2, 0) is 20.4 Å². The lowest BCUT2D eigenvalue weighted by Gasteiger charge is -2.37. The molecule has 1 aromatic heterocycles. The van der Waals surface area contributed by atoms with Gasteiger partial charge in [0.15, 0.2) is 5.03 Å². The van der Waals surface area contributed by atoms with Crippen molar-refractivity contribution >= 4 is 21.5 Å². The Morgan fingerprint density at radius 3 is 1.85 bits per heavy atom. The van der Waals surface area contributed by atoms with Gasteiger partial charge in [0.1, 0.15) is 5.82 Å². The second-order valence-electron chi connectivity index (χ2n) is 7.12. The molecule has 0 atom stereocenters. The summed E-state index contributed by atoms with van der Waals surface area (Å²) in [6.07, 6.45) is -11.5. The van der Waals surface area contributed by atoms with Crippen LogP contribution in [0.2, 0.25) is 0 Å². The van der Waals surface area contributed by atoms with Gasteiger partial charge in [-0.25, -0.2) is 8.42 Å². The zero-order chi connectivity index (χ0) is 24.7. The van der Waals surface area contributed by atoms with Crippen LogP contribution in [0, 0.1) is 0 Å². The quantitative estimate of drug-likeness (QED) is 0.631. The Hall–Kier alpha value is -2.65. The highest BCUT2D eigenvalue weighted by Gasteiger charge is 2.73. The minimum atomic E-state index is -5.74. The number of piperazine rings is 1. The number of hydrogen-bond donors (Lipinski definition) is 1. The first-order valence-electron chi connectivity index (χ1n) is 9.37. The maximum absolute atomic E-state index is 13.4. The van der Waals surface area contributed by atoms with Gasteiger partial charge in [0.05, 0.1) is 0 Å². The summed E-state index contributed by atoms with van der Waals surface area (Å²) >= 11 is 0. The molecule has 33 heavy (non-hydrogen) atoms. The highest BCUT2D eigenvalue weighted by molar-refractivity contribution is 7.89. The standard InChI is InChI=1S/C18H19F6N5O3S/c1-32-16(17(19,20)21,18(22,23)24)12-2-4-13(5-3-12)28-8-10-29(11-9-28)33(30,31)15-7-6-14(25)26-27-15/h2-7H,8-11H2,1H3,(H2,25,26). The van der Waals surface area contributed by atoms with Crippen molar-refractivity contribution in [3.05, 3.63) is 42.0 Å². The van der Waals surface area contributed by atoms with Crippen LogP contribution in [0.25, 0.3) is 0 Å². The number of anilines is 2. The summed E-state index contributed by atoms with van der Waals surface area (Å²) in [5.74, 6) is 0.0516. The predicted molar refractivity (Wildman–Crippen MR) is 105 cm³/mol. The molecule has 1 aromatic carbocycles. The number of alkyl halides is 6. The van der Waals surface area contributed by atoms with E-state index >= 15 is 0 Å². The first kappa shape index (κ1) is 25.0. The predicted octanol–water partition coefficient (Wildman–Crippen LogP) is 2.54. The minimum absolute atomic E-state index is 0.0171. The van der Waals surface area contributed by atoms with E-state index in [1.807, 2.05) is 0 Å². The van der Waals surface area contributed by atoms with Gasteiger partial charge in [-0.3, -0.25) is 0 Å². The van der Waals surface area contributed by atoms with Crippen molar-refractivity contribution < 1.29 is 39.5 Å². The van der Waals surface area contributed by atoms with Crippen LogP contribution in [0.3, 0.4) is 0 Å². The lowest BCUT2D eigenvalue weighted by atomic mass is 9.91. The Labute approximate surface area is 185 Å². The van der Waals surface area contributed by atoms with Crippen molar-refractivity contribution in [3.8, 4) is 0 Å². The van der Waals surface area contributed by atoms with Gasteiger partial charge < -0.3 is 15.4 Å². The third kappa shape index (κ3) is 4.44. The Bertz CT molecular complexity index is 1050. The summed E-state index contributed by atoms with van der Waals surface area (Å²) in [6, 6.07) is 6.12. The second-order valence-corrected chi connectivity index (χ2v) is 9.00. The first-order valence-corrected chi connectivity index (χ1v) is 10.8. The SMILES string of the molecule is COC(c1ccc(N2CCN(S(=O)(=O)c3ccc(N)nn3)CC2)cc1)(C(F)(F)F)C(F)(F)F. The molecule has 1 saturated heterocycles. The van der Waals surface area contributed by atoms with Gasteiger partial charge in [0.2, 0.25) is 0 Å². The number of hydrogen-bond acceptors (Lipinski definition) is 7. The summed E-state index contributed by atoms with van der Waals surface area (Å²) in [7, 11) is -3.59. The van der Waals surface area contributed by atoms with Gasteiger partial charge in [-0.2, -0.15) is 30.6 Å². The zero-order valence-corrected chi connectivity index (χ0v) is 17.9. The number of aromatic nitrogens is 2. The van der Waals surface area contributed by atoms with E-state index in [-0.39, 0.29) is 37.0 Å². The van der Waals surface area contributed by atoms with Crippen LogP contribution in [0.1, 0.15) is 5.56 Å². The number of sulfonamides is 1. The molecule has 0 amide bonds. The van der Waals surface area contributed by atoms with E-state index in [0.717, 1.165) is 16.4 Å². The van der Waals surface area contributed by atoms with E-state index in [4.69, 9.17) is 5.73 Å². The molecule has 0 radical (unpaired) electrons. The Morgan fingerprint density at radius 2 is 1.42 bits per heavy atom. The zero-order valence-electron chi connectivity index (χ0n) is 17.1. The lowest BCUT2D eigenvalue weighted by Crippen LogP contribution is -2.55. The fourth-order valence-electron chi connectivity index (χ4n) is 3.53. The summed E-state index contributed by atoms with van der Waals surface area (Å²) < 4.78 is 111. The number of benzene rings is 1. The molecule has 2 aromatic rings. The summed E-state index contributed by atoms with van der Waals surface area (Å²) in [4.78, 5) is 1.64. The average Bonchev–Trinajstić information content (AvgIpc) is 2.73. The lowest BCUT2D eigenvalue weighted by molar-refractivity contribution is -0.383. The Morgan fingerprint density at radius 1 is 0.879 bits per heavy atom. The first-order chi connectivity index (χ1) is 15.2.